The molecule has 2 fully saturated rings. The van der Waals surface area contributed by atoms with E-state index in [4.69, 9.17) is 4.52 Å². The summed E-state index contributed by atoms with van der Waals surface area (Å²) in [6, 6.07) is 3.47. The highest BCUT2D eigenvalue weighted by Gasteiger charge is 2.34. The lowest BCUT2D eigenvalue weighted by Gasteiger charge is -2.37. The van der Waals surface area contributed by atoms with Gasteiger partial charge in [-0.3, -0.25) is 0 Å². The summed E-state index contributed by atoms with van der Waals surface area (Å²) in [6.07, 6.45) is 14.2. The maximum absolute atomic E-state index is 6.66. The molecule has 0 saturated heterocycles. The zero-order valence-corrected chi connectivity index (χ0v) is 15.2. The van der Waals surface area contributed by atoms with Crippen LogP contribution in [0.2, 0.25) is 0 Å². The van der Waals surface area contributed by atoms with E-state index in [2.05, 4.69) is 19.9 Å². The van der Waals surface area contributed by atoms with Crippen molar-refractivity contribution in [2.45, 2.75) is 89.4 Å². The zero-order chi connectivity index (χ0) is 14.7. The predicted molar refractivity (Wildman–Crippen MR) is 93.9 cm³/mol. The Morgan fingerprint density at radius 2 is 1.43 bits per heavy atom. The molecule has 3 heteroatoms. The van der Waals surface area contributed by atoms with E-state index in [-0.39, 0.29) is 8.15 Å². The molecule has 0 aliphatic heterocycles. The number of hydrogen-bond acceptors (Lipinski definition) is 2. The molecule has 2 aliphatic carbocycles. The Morgan fingerprint density at radius 3 is 1.86 bits per heavy atom. The molecule has 117 valence electrons. The maximum atomic E-state index is 6.66. The van der Waals surface area contributed by atoms with E-state index >= 15 is 0 Å². The smallest absolute Gasteiger partial charge is 0.145 e. The van der Waals surface area contributed by atoms with E-state index in [1.807, 2.05) is 11.3 Å². The standard InChI is InChI=1S/C18H28OPS/c1-14-13-18(15(2)21-14)19-20(16-9-5-3-6-10-16)17-11-7-4-8-12-17/h16-17H,3-12H2,1-2H3. The highest BCUT2D eigenvalue weighted by molar-refractivity contribution is 7.54. The predicted octanol–water partition coefficient (Wildman–Crippen LogP) is 6.61. The van der Waals surface area contributed by atoms with Crippen LogP contribution in [0.3, 0.4) is 0 Å². The summed E-state index contributed by atoms with van der Waals surface area (Å²) < 4.78 is 6.66. The van der Waals surface area contributed by atoms with Gasteiger partial charge in [0.2, 0.25) is 0 Å². The molecule has 0 spiro atoms. The monoisotopic (exact) mass is 323 g/mol. The van der Waals surface area contributed by atoms with Crippen molar-refractivity contribution in [3.8, 4) is 5.75 Å². The molecule has 0 atom stereocenters. The number of rotatable bonds is 4. The molecule has 1 aromatic rings. The van der Waals surface area contributed by atoms with Gasteiger partial charge in [-0.15, -0.1) is 11.3 Å². The van der Waals surface area contributed by atoms with Gasteiger partial charge in [0.25, 0.3) is 0 Å². The molecule has 1 heterocycles. The topological polar surface area (TPSA) is 9.23 Å². The van der Waals surface area contributed by atoms with Crippen LogP contribution in [0.4, 0.5) is 0 Å². The Morgan fingerprint density at radius 1 is 0.905 bits per heavy atom. The van der Waals surface area contributed by atoms with Gasteiger partial charge in [-0.05, 0) is 39.5 Å². The Kier molecular flexibility index (Phi) is 5.62. The van der Waals surface area contributed by atoms with Crippen LogP contribution in [0, 0.1) is 19.9 Å². The van der Waals surface area contributed by atoms with Gasteiger partial charge in [0.15, 0.2) is 0 Å². The summed E-state index contributed by atoms with van der Waals surface area (Å²) in [5.74, 6) is 1.08. The van der Waals surface area contributed by atoms with Crippen molar-refractivity contribution in [1.82, 2.24) is 0 Å². The summed E-state index contributed by atoms with van der Waals surface area (Å²) in [7, 11) is -0.301. The molecule has 0 bridgehead atoms. The van der Waals surface area contributed by atoms with E-state index in [1.54, 1.807) is 0 Å². The average molecular weight is 323 g/mol. The van der Waals surface area contributed by atoms with Crippen molar-refractivity contribution in [3.63, 3.8) is 0 Å². The third kappa shape index (κ3) is 4.02. The van der Waals surface area contributed by atoms with Gasteiger partial charge < -0.3 is 4.52 Å². The van der Waals surface area contributed by atoms with Crippen LogP contribution in [-0.2, 0) is 0 Å². The van der Waals surface area contributed by atoms with Crippen LogP contribution in [0.1, 0.15) is 74.0 Å². The summed E-state index contributed by atoms with van der Waals surface area (Å²) in [5.41, 5.74) is 1.70. The first kappa shape index (κ1) is 15.8. The van der Waals surface area contributed by atoms with Crippen molar-refractivity contribution in [3.05, 3.63) is 15.8 Å². The largest absolute Gasteiger partial charge is 0.472 e. The molecule has 0 N–H and O–H groups in total. The third-order valence-corrected chi connectivity index (χ3v) is 8.75. The highest BCUT2D eigenvalue weighted by atomic mass is 32.1. The van der Waals surface area contributed by atoms with Crippen LogP contribution in [-0.4, -0.2) is 11.3 Å². The quantitative estimate of drug-likeness (QED) is 0.567. The minimum Gasteiger partial charge on any atom is -0.472 e. The van der Waals surface area contributed by atoms with Crippen LogP contribution < -0.4 is 4.52 Å². The van der Waals surface area contributed by atoms with E-state index in [1.165, 1.54) is 74.0 Å². The molecule has 21 heavy (non-hydrogen) atoms. The van der Waals surface area contributed by atoms with Crippen LogP contribution in [0.15, 0.2) is 0 Å². The Balaban J connectivity index is 1.75. The molecule has 1 nitrogen and oxygen atoms in total. The minimum absolute atomic E-state index is 0.301. The average Bonchev–Trinajstić information content (AvgIpc) is 2.84. The van der Waals surface area contributed by atoms with Gasteiger partial charge >= 0.3 is 0 Å². The van der Waals surface area contributed by atoms with Crippen molar-refractivity contribution in [2.24, 2.45) is 0 Å². The van der Waals surface area contributed by atoms with Crippen LogP contribution in [0.5, 0.6) is 5.75 Å². The number of hydrogen-bond donors (Lipinski definition) is 0. The number of thiophene rings is 1. The second kappa shape index (κ2) is 7.47. The second-order valence-corrected chi connectivity index (χ2v) is 10.5. The van der Waals surface area contributed by atoms with Gasteiger partial charge in [-0.1, -0.05) is 38.5 Å². The first-order chi connectivity index (χ1) is 10.2. The maximum Gasteiger partial charge on any atom is 0.145 e. The molecular formula is C18H28OPS. The minimum atomic E-state index is -0.301. The number of aryl methyl sites for hydroxylation is 2. The van der Waals surface area contributed by atoms with Crippen molar-refractivity contribution < 1.29 is 4.52 Å². The fraction of sp³-hybridized carbons (Fsp3) is 0.778. The Bertz CT molecular complexity index is 426. The molecule has 0 amide bonds. The first-order valence-corrected chi connectivity index (χ1v) is 10.9. The van der Waals surface area contributed by atoms with E-state index in [0.29, 0.717) is 0 Å². The highest BCUT2D eigenvalue weighted by Crippen LogP contribution is 2.56. The molecule has 1 aromatic heterocycles. The molecule has 0 aromatic carbocycles. The zero-order valence-electron chi connectivity index (χ0n) is 13.5. The van der Waals surface area contributed by atoms with E-state index < -0.39 is 0 Å². The lowest BCUT2D eigenvalue weighted by Crippen LogP contribution is -2.23. The van der Waals surface area contributed by atoms with Crippen molar-refractivity contribution in [1.29, 1.82) is 0 Å². The molecule has 2 saturated carbocycles. The van der Waals surface area contributed by atoms with Crippen molar-refractivity contribution in [2.75, 3.05) is 0 Å². The third-order valence-electron chi connectivity index (χ3n) is 4.98. The van der Waals surface area contributed by atoms with Crippen molar-refractivity contribution >= 4 is 19.5 Å². The Labute approximate surface area is 135 Å². The lowest BCUT2D eigenvalue weighted by atomic mass is 10.00. The molecule has 0 unspecified atom stereocenters. The normalized spacial score (nSPS) is 21.9. The first-order valence-electron chi connectivity index (χ1n) is 8.69. The van der Waals surface area contributed by atoms with Gasteiger partial charge in [0, 0.05) is 27.1 Å². The fourth-order valence-corrected chi connectivity index (χ4v) is 7.75. The summed E-state index contributed by atoms with van der Waals surface area (Å²) in [4.78, 5) is 2.59. The molecule has 3 rings (SSSR count). The van der Waals surface area contributed by atoms with Gasteiger partial charge in [-0.2, -0.15) is 0 Å². The molecule has 2 aliphatic rings. The summed E-state index contributed by atoms with van der Waals surface area (Å²) in [6.45, 7) is 4.34. The SMILES string of the molecule is Cc1[c]c(OP(C2CCCCC2)C2CCCCC2)c(C)s1. The Hall–Kier alpha value is -0.0700. The van der Waals surface area contributed by atoms with Gasteiger partial charge in [0.05, 0.1) is 8.15 Å². The summed E-state index contributed by atoms with van der Waals surface area (Å²) in [5, 5.41) is 0. The fourth-order valence-electron chi connectivity index (χ4n) is 3.86. The molecular weight excluding hydrogens is 295 g/mol. The molecule has 1 radical (unpaired) electrons. The second-order valence-electron chi connectivity index (χ2n) is 6.70. The summed E-state index contributed by atoms with van der Waals surface area (Å²) >= 11 is 1.83. The van der Waals surface area contributed by atoms with E-state index in [0.717, 1.165) is 17.1 Å². The van der Waals surface area contributed by atoms with Crippen LogP contribution >= 0.6 is 19.5 Å². The lowest BCUT2D eigenvalue weighted by molar-refractivity contribution is 0.449. The van der Waals surface area contributed by atoms with E-state index in [9.17, 15) is 0 Å². The van der Waals surface area contributed by atoms with Gasteiger partial charge in [-0.25, -0.2) is 0 Å². The van der Waals surface area contributed by atoms with Crippen LogP contribution in [0.25, 0.3) is 0 Å². The van der Waals surface area contributed by atoms with Gasteiger partial charge in [0.1, 0.15) is 5.75 Å².